The normalized spacial score (nSPS) is 20.6. The standard InChI is InChI=1S/C17H21N7O4S/c1-8-19-5-9(6-20-8)21-14(27)15-22-12-11(13(18)26)23-24(16(12)29-15)7-10(25)28-17(2,3)4/h5-6,12,16H,7H2,1-4H3,(H2,18,26)(H,21,27). The monoisotopic (exact) mass is 419 g/mol. The van der Waals surface area contributed by atoms with Gasteiger partial charge in [0.05, 0.1) is 18.1 Å². The molecule has 2 aliphatic rings. The molecule has 2 atom stereocenters. The second-order valence-corrected chi connectivity index (χ2v) is 8.50. The number of carbonyl (C=O) groups excluding carboxylic acids is 3. The lowest BCUT2D eigenvalue weighted by Crippen LogP contribution is -2.38. The van der Waals surface area contributed by atoms with E-state index < -0.39 is 34.8 Å². The summed E-state index contributed by atoms with van der Waals surface area (Å²) in [5.41, 5.74) is 5.15. The number of aliphatic imine (C=N–C) groups is 1. The summed E-state index contributed by atoms with van der Waals surface area (Å²) in [6.07, 6.45) is 2.96. The zero-order valence-corrected chi connectivity index (χ0v) is 17.2. The first kappa shape index (κ1) is 20.7. The Morgan fingerprint density at radius 1 is 1.28 bits per heavy atom. The number of carbonyl (C=O) groups is 3. The van der Waals surface area contributed by atoms with E-state index in [1.165, 1.54) is 17.4 Å². The van der Waals surface area contributed by atoms with Gasteiger partial charge in [0.2, 0.25) is 0 Å². The second kappa shape index (κ2) is 7.78. The van der Waals surface area contributed by atoms with Gasteiger partial charge >= 0.3 is 5.97 Å². The van der Waals surface area contributed by atoms with E-state index in [-0.39, 0.29) is 17.3 Å². The number of amides is 2. The molecule has 3 rings (SSSR count). The second-order valence-electron chi connectivity index (χ2n) is 7.39. The van der Waals surface area contributed by atoms with Crippen LogP contribution in [0.15, 0.2) is 22.5 Å². The molecule has 0 saturated heterocycles. The molecule has 0 spiro atoms. The summed E-state index contributed by atoms with van der Waals surface area (Å²) in [5, 5.41) is 7.75. The van der Waals surface area contributed by atoms with Crippen LogP contribution in [-0.4, -0.2) is 67.1 Å². The summed E-state index contributed by atoms with van der Waals surface area (Å²) < 4.78 is 5.30. The number of aromatic nitrogens is 2. The Morgan fingerprint density at radius 3 is 2.52 bits per heavy atom. The van der Waals surface area contributed by atoms with Crippen LogP contribution in [0.4, 0.5) is 5.69 Å². The number of aryl methyl sites for hydroxylation is 1. The van der Waals surface area contributed by atoms with E-state index >= 15 is 0 Å². The molecule has 0 fully saturated rings. The Balaban J connectivity index is 1.73. The van der Waals surface area contributed by atoms with Crippen molar-refractivity contribution in [3.8, 4) is 0 Å². The highest BCUT2D eigenvalue weighted by Crippen LogP contribution is 2.35. The first-order chi connectivity index (χ1) is 13.5. The summed E-state index contributed by atoms with van der Waals surface area (Å²) >= 11 is 1.09. The van der Waals surface area contributed by atoms with Crippen molar-refractivity contribution in [2.24, 2.45) is 15.8 Å². The number of primary amides is 1. The topological polar surface area (TPSA) is 152 Å². The lowest BCUT2D eigenvalue weighted by atomic mass is 10.2. The van der Waals surface area contributed by atoms with E-state index in [9.17, 15) is 14.4 Å². The molecule has 3 heterocycles. The van der Waals surface area contributed by atoms with Crippen molar-refractivity contribution in [1.82, 2.24) is 15.0 Å². The predicted octanol–water partition coefficient (Wildman–Crippen LogP) is 0.0621. The molecule has 154 valence electrons. The van der Waals surface area contributed by atoms with Gasteiger partial charge in [-0.3, -0.25) is 24.4 Å². The van der Waals surface area contributed by atoms with Crippen molar-refractivity contribution < 1.29 is 19.1 Å². The third kappa shape index (κ3) is 4.88. The third-order valence-corrected chi connectivity index (χ3v) is 5.02. The van der Waals surface area contributed by atoms with Crippen LogP contribution in [0, 0.1) is 6.92 Å². The number of hydrazone groups is 1. The first-order valence-electron chi connectivity index (χ1n) is 8.75. The van der Waals surface area contributed by atoms with Crippen molar-refractivity contribution in [3.05, 3.63) is 18.2 Å². The molecule has 3 N–H and O–H groups in total. The molecule has 0 bridgehead atoms. The zero-order chi connectivity index (χ0) is 21.3. The van der Waals surface area contributed by atoms with Gasteiger partial charge in [0.15, 0.2) is 10.8 Å². The molecule has 0 aliphatic carbocycles. The van der Waals surface area contributed by atoms with Crippen LogP contribution in [0.3, 0.4) is 0 Å². The molecule has 1 aromatic heterocycles. The van der Waals surface area contributed by atoms with Gasteiger partial charge in [0.25, 0.3) is 11.8 Å². The van der Waals surface area contributed by atoms with Crippen LogP contribution in [0.25, 0.3) is 0 Å². The smallest absolute Gasteiger partial charge is 0.327 e. The van der Waals surface area contributed by atoms with Crippen LogP contribution >= 0.6 is 11.8 Å². The number of fused-ring (bicyclic) bond motifs is 1. The fourth-order valence-electron chi connectivity index (χ4n) is 2.65. The van der Waals surface area contributed by atoms with Crippen LogP contribution < -0.4 is 11.1 Å². The Labute approximate surface area is 171 Å². The molecule has 0 aromatic carbocycles. The van der Waals surface area contributed by atoms with Gasteiger partial charge in [0.1, 0.15) is 29.4 Å². The molecule has 12 heteroatoms. The Morgan fingerprint density at radius 2 is 1.93 bits per heavy atom. The van der Waals surface area contributed by atoms with E-state index in [1.54, 1.807) is 27.7 Å². The summed E-state index contributed by atoms with van der Waals surface area (Å²) in [5.74, 6) is -1.17. The third-order valence-electron chi connectivity index (χ3n) is 3.77. The van der Waals surface area contributed by atoms with Crippen molar-refractivity contribution in [1.29, 1.82) is 0 Å². The van der Waals surface area contributed by atoms with Crippen LogP contribution in [0.2, 0.25) is 0 Å². The summed E-state index contributed by atoms with van der Waals surface area (Å²) in [7, 11) is 0. The number of rotatable bonds is 5. The van der Waals surface area contributed by atoms with Gasteiger partial charge in [-0.2, -0.15) is 5.10 Å². The van der Waals surface area contributed by atoms with Crippen LogP contribution in [0.1, 0.15) is 26.6 Å². The van der Waals surface area contributed by atoms with Gasteiger partial charge < -0.3 is 15.8 Å². The maximum absolute atomic E-state index is 12.5. The Bertz CT molecular complexity index is 907. The van der Waals surface area contributed by atoms with Gasteiger partial charge in [-0.1, -0.05) is 11.8 Å². The highest BCUT2D eigenvalue weighted by atomic mass is 32.2. The van der Waals surface area contributed by atoms with Crippen molar-refractivity contribution in [3.63, 3.8) is 0 Å². The number of nitrogens with zero attached hydrogens (tertiary/aromatic N) is 5. The number of anilines is 1. The van der Waals surface area contributed by atoms with Crippen molar-refractivity contribution in [2.45, 2.75) is 44.7 Å². The molecule has 1 aromatic rings. The summed E-state index contributed by atoms with van der Waals surface area (Å²) in [4.78, 5) is 48.8. The lowest BCUT2D eigenvalue weighted by Gasteiger charge is -2.24. The van der Waals surface area contributed by atoms with Crippen molar-refractivity contribution >= 4 is 46.0 Å². The SMILES string of the molecule is Cc1ncc(NC(=O)C2=NC3C(C(N)=O)=NN(CC(=O)OC(C)(C)C)C3S2)cn1. The molecule has 2 unspecified atom stereocenters. The molecule has 29 heavy (non-hydrogen) atoms. The highest BCUT2D eigenvalue weighted by molar-refractivity contribution is 8.16. The average molecular weight is 419 g/mol. The average Bonchev–Trinajstić information content (AvgIpc) is 3.16. The van der Waals surface area contributed by atoms with E-state index in [2.05, 4.69) is 25.4 Å². The lowest BCUT2D eigenvalue weighted by molar-refractivity contribution is -0.156. The molecule has 0 saturated carbocycles. The van der Waals surface area contributed by atoms with Crippen molar-refractivity contribution in [2.75, 3.05) is 11.9 Å². The van der Waals surface area contributed by atoms with Gasteiger partial charge in [0, 0.05) is 0 Å². The maximum atomic E-state index is 12.5. The van der Waals surface area contributed by atoms with Gasteiger partial charge in [-0.05, 0) is 27.7 Å². The predicted molar refractivity (Wildman–Crippen MR) is 107 cm³/mol. The summed E-state index contributed by atoms with van der Waals surface area (Å²) in [6.45, 7) is 6.79. The van der Waals surface area contributed by atoms with Crippen LogP contribution in [-0.2, 0) is 19.1 Å². The molecule has 0 radical (unpaired) electrons. The minimum absolute atomic E-state index is 0.00692. The molecule has 2 aliphatic heterocycles. The van der Waals surface area contributed by atoms with E-state index in [0.29, 0.717) is 11.5 Å². The fourth-order valence-corrected chi connectivity index (χ4v) is 3.78. The number of esters is 1. The first-order valence-corrected chi connectivity index (χ1v) is 9.63. The van der Waals surface area contributed by atoms with Crippen LogP contribution in [0.5, 0.6) is 0 Å². The number of thioether (sulfide) groups is 1. The molecular weight excluding hydrogens is 398 g/mol. The van der Waals surface area contributed by atoms with E-state index in [4.69, 9.17) is 10.5 Å². The van der Waals surface area contributed by atoms with E-state index in [1.807, 2.05) is 0 Å². The highest BCUT2D eigenvalue weighted by Gasteiger charge is 2.47. The quantitative estimate of drug-likeness (QED) is 0.636. The number of nitrogens with one attached hydrogen (secondary N) is 1. The van der Waals surface area contributed by atoms with E-state index in [0.717, 1.165) is 11.8 Å². The summed E-state index contributed by atoms with van der Waals surface area (Å²) in [6, 6.07) is -0.741. The largest absolute Gasteiger partial charge is 0.459 e. The molecular formula is C17H21N7O4S. The van der Waals surface area contributed by atoms with Gasteiger partial charge in [-0.15, -0.1) is 0 Å². The number of hydrogen-bond acceptors (Lipinski definition) is 10. The Hall–Kier alpha value is -3.02. The number of nitrogens with two attached hydrogens (primary N) is 1. The minimum atomic E-state index is -0.760. The Kier molecular flexibility index (Phi) is 5.55. The molecule has 11 nitrogen and oxygen atoms in total. The fraction of sp³-hybridized carbons (Fsp3) is 0.471. The zero-order valence-electron chi connectivity index (χ0n) is 16.4. The maximum Gasteiger partial charge on any atom is 0.327 e. The minimum Gasteiger partial charge on any atom is -0.459 e. The number of hydrogen-bond donors (Lipinski definition) is 2. The van der Waals surface area contributed by atoms with Gasteiger partial charge in [-0.25, -0.2) is 9.97 Å². The molecule has 2 amide bonds. The number of ether oxygens (including phenoxy) is 1.